The number of rotatable bonds is 2. The van der Waals surface area contributed by atoms with Crippen LogP contribution in [0.25, 0.3) is 32.8 Å². The Kier molecular flexibility index (Phi) is 4.40. The molecule has 37 heavy (non-hydrogen) atoms. The Hall–Kier alpha value is -4.53. The Labute approximate surface area is 205 Å². The monoisotopic (exact) mass is 504 g/mol. The van der Waals surface area contributed by atoms with Crippen LogP contribution < -0.4 is 5.32 Å². The van der Waals surface area contributed by atoms with Crippen molar-refractivity contribution in [3.05, 3.63) is 41.3 Å². The van der Waals surface area contributed by atoms with Gasteiger partial charge in [0.25, 0.3) is 0 Å². The van der Waals surface area contributed by atoms with E-state index in [1.807, 2.05) is 0 Å². The van der Waals surface area contributed by atoms with Crippen molar-refractivity contribution in [2.75, 3.05) is 11.9 Å². The second-order valence-corrected chi connectivity index (χ2v) is 8.91. The number of aliphatic hydroxyl groups excluding tert-OH is 1. The van der Waals surface area contributed by atoms with E-state index in [9.17, 15) is 29.7 Å². The molecule has 2 fully saturated rings. The number of amides is 2. The summed E-state index contributed by atoms with van der Waals surface area (Å²) in [5, 5.41) is 32.6. The molecule has 4 N–H and O–H groups in total. The van der Waals surface area contributed by atoms with Gasteiger partial charge in [-0.3, -0.25) is 10.2 Å². The molecule has 6 heterocycles. The third-order valence-corrected chi connectivity index (χ3v) is 6.77. The van der Waals surface area contributed by atoms with Gasteiger partial charge in [-0.15, -0.1) is 0 Å². The van der Waals surface area contributed by atoms with E-state index < -0.39 is 42.6 Å². The van der Waals surface area contributed by atoms with Gasteiger partial charge in [0.05, 0.1) is 29.3 Å². The van der Waals surface area contributed by atoms with Crippen LogP contribution in [0.2, 0.25) is 0 Å². The van der Waals surface area contributed by atoms with Gasteiger partial charge in [0.2, 0.25) is 0 Å². The lowest BCUT2D eigenvalue weighted by molar-refractivity contribution is -0.0702. The van der Waals surface area contributed by atoms with Crippen LogP contribution in [0.3, 0.4) is 0 Å². The minimum absolute atomic E-state index is 0.0369. The zero-order chi connectivity index (χ0) is 25.6. The standard InChI is InChI=1S/C23H16N6O8/c30-11-5-13-29-20(36-6-12(11)37-13)18-19(28-23(29)35)27-17-8-2-4-10(22(33)34)25-15(8)14-7(16(17)26-18)1-3-9(24-14)21(31)32/h1-4,11-13,20,30H,5-6H2,(H,31,32)(H,33,34)(H,27,28,35)/t11-,12+,13+,20+/m0/s1. The summed E-state index contributed by atoms with van der Waals surface area (Å²) in [5.41, 5.74) is 0.721. The molecule has 2 bridgehead atoms. The van der Waals surface area contributed by atoms with Crippen molar-refractivity contribution >= 4 is 56.6 Å². The van der Waals surface area contributed by atoms with E-state index in [0.29, 0.717) is 27.5 Å². The van der Waals surface area contributed by atoms with Crippen LogP contribution in [0.1, 0.15) is 39.3 Å². The van der Waals surface area contributed by atoms with E-state index in [4.69, 9.17) is 14.5 Å². The lowest BCUT2D eigenvalue weighted by Gasteiger charge is -2.37. The average Bonchev–Trinajstić information content (AvgIpc) is 3.12. The Balaban J connectivity index is 1.52. The van der Waals surface area contributed by atoms with Crippen molar-refractivity contribution in [1.29, 1.82) is 0 Å². The molecule has 0 unspecified atom stereocenters. The molecule has 0 aliphatic carbocycles. The minimum atomic E-state index is -1.26. The number of hydrogen-bond acceptors (Lipinski definition) is 10. The van der Waals surface area contributed by atoms with E-state index in [1.165, 1.54) is 29.2 Å². The Morgan fingerprint density at radius 1 is 0.919 bits per heavy atom. The third kappa shape index (κ3) is 3.06. The molecule has 0 saturated carbocycles. The van der Waals surface area contributed by atoms with Crippen LogP contribution in [-0.2, 0) is 9.47 Å². The first-order chi connectivity index (χ1) is 17.8. The molecule has 7 rings (SSSR count). The number of fused-ring (bicyclic) bond motifs is 12. The molecular weight excluding hydrogens is 488 g/mol. The fourth-order valence-corrected chi connectivity index (χ4v) is 5.05. The molecule has 0 radical (unpaired) electrons. The lowest BCUT2D eigenvalue weighted by Crippen LogP contribution is -2.49. The molecule has 14 nitrogen and oxygen atoms in total. The molecule has 0 spiro atoms. The first kappa shape index (κ1) is 21.7. The molecule has 3 aliphatic heterocycles. The van der Waals surface area contributed by atoms with Crippen molar-refractivity contribution in [2.45, 2.75) is 31.1 Å². The Bertz CT molecular complexity index is 1710. The predicted octanol–water partition coefficient (Wildman–Crippen LogP) is 1.47. The van der Waals surface area contributed by atoms with E-state index in [1.54, 1.807) is 0 Å². The topological polar surface area (TPSA) is 197 Å². The normalized spacial score (nSPS) is 24.6. The highest BCUT2D eigenvalue weighted by atomic mass is 16.6. The van der Waals surface area contributed by atoms with Crippen molar-refractivity contribution in [1.82, 2.24) is 24.8 Å². The number of anilines is 1. The van der Waals surface area contributed by atoms with Gasteiger partial charge in [-0.25, -0.2) is 34.3 Å². The van der Waals surface area contributed by atoms with Crippen LogP contribution in [0, 0.1) is 0 Å². The number of carboxylic acid groups (broad SMARTS) is 2. The van der Waals surface area contributed by atoms with Crippen molar-refractivity contribution in [3.63, 3.8) is 0 Å². The summed E-state index contributed by atoms with van der Waals surface area (Å²) in [7, 11) is 0. The second kappa shape index (κ2) is 7.49. The number of aromatic carboxylic acids is 2. The highest BCUT2D eigenvalue weighted by molar-refractivity contribution is 6.21. The molecule has 2 amide bonds. The van der Waals surface area contributed by atoms with Gasteiger partial charge in [0.15, 0.2) is 12.0 Å². The summed E-state index contributed by atoms with van der Waals surface area (Å²) in [6.45, 7) is 0.0369. The quantitative estimate of drug-likeness (QED) is 0.287. The number of carboxylic acids is 2. The lowest BCUT2D eigenvalue weighted by atomic mass is 10.1. The molecule has 1 aromatic carbocycles. The average molecular weight is 504 g/mol. The zero-order valence-electron chi connectivity index (χ0n) is 18.7. The summed E-state index contributed by atoms with van der Waals surface area (Å²) in [5.74, 6) is -2.38. The number of carbonyl (C=O) groups excluding carboxylic acids is 1. The number of ether oxygens (including phenoxy) is 2. The Morgan fingerprint density at radius 3 is 2.14 bits per heavy atom. The fraction of sp³-hybridized carbons (Fsp3) is 0.261. The van der Waals surface area contributed by atoms with Gasteiger partial charge >= 0.3 is 18.0 Å². The van der Waals surface area contributed by atoms with Crippen LogP contribution in [-0.4, -0.2) is 83.2 Å². The highest BCUT2D eigenvalue weighted by Crippen LogP contribution is 2.42. The predicted molar refractivity (Wildman–Crippen MR) is 123 cm³/mol. The number of nitrogens with one attached hydrogen (secondary N) is 1. The van der Waals surface area contributed by atoms with Gasteiger partial charge in [-0.2, -0.15) is 0 Å². The van der Waals surface area contributed by atoms with Crippen LogP contribution in [0.5, 0.6) is 0 Å². The Morgan fingerprint density at radius 2 is 1.51 bits per heavy atom. The molecular formula is C23H16N6O8. The van der Waals surface area contributed by atoms with E-state index >= 15 is 0 Å². The van der Waals surface area contributed by atoms with Crippen molar-refractivity contribution < 1.29 is 39.2 Å². The van der Waals surface area contributed by atoms with Gasteiger partial charge < -0.3 is 24.8 Å². The van der Waals surface area contributed by atoms with E-state index in [2.05, 4.69) is 20.3 Å². The van der Waals surface area contributed by atoms with Gasteiger partial charge in [0, 0.05) is 17.2 Å². The molecule has 3 aromatic heterocycles. The van der Waals surface area contributed by atoms with Crippen LogP contribution >= 0.6 is 0 Å². The summed E-state index contributed by atoms with van der Waals surface area (Å²) in [6.07, 6.45) is -2.78. The van der Waals surface area contributed by atoms with Gasteiger partial charge in [-0.05, 0) is 24.3 Å². The summed E-state index contributed by atoms with van der Waals surface area (Å²) < 4.78 is 11.7. The number of aliphatic hydroxyl groups is 1. The van der Waals surface area contributed by atoms with E-state index in [0.717, 1.165) is 0 Å². The number of pyridine rings is 2. The van der Waals surface area contributed by atoms with Gasteiger partial charge in [0.1, 0.15) is 34.9 Å². The summed E-state index contributed by atoms with van der Waals surface area (Å²) in [4.78, 5) is 55.5. The van der Waals surface area contributed by atoms with Gasteiger partial charge in [-0.1, -0.05) is 0 Å². The molecule has 2 saturated heterocycles. The zero-order valence-corrected chi connectivity index (χ0v) is 18.7. The van der Waals surface area contributed by atoms with Crippen molar-refractivity contribution in [2.24, 2.45) is 0 Å². The smallest absolute Gasteiger partial charge is 0.354 e. The maximum atomic E-state index is 13.0. The number of carbonyl (C=O) groups is 3. The SMILES string of the molecule is O=C(O)c1ccc2c(n1)c1nc(C(=O)O)ccc1c1nc3c(nc21)NC(=O)N1[C@@H]3OC[C@H]2O[C@@H]1C[C@@H]2O. The minimum Gasteiger partial charge on any atom is -0.477 e. The molecule has 4 aromatic rings. The first-order valence-corrected chi connectivity index (χ1v) is 11.3. The first-order valence-electron chi connectivity index (χ1n) is 11.3. The third-order valence-electron chi connectivity index (χ3n) is 6.77. The number of hydrogen-bond donors (Lipinski definition) is 4. The number of urea groups is 1. The summed E-state index contributed by atoms with van der Waals surface area (Å²) in [6, 6.07) is 5.08. The number of nitrogens with zero attached hydrogens (tertiary/aromatic N) is 5. The van der Waals surface area contributed by atoms with Crippen LogP contribution in [0.4, 0.5) is 10.6 Å². The van der Waals surface area contributed by atoms with Crippen molar-refractivity contribution in [3.8, 4) is 0 Å². The van der Waals surface area contributed by atoms with Crippen LogP contribution in [0.15, 0.2) is 24.3 Å². The maximum Gasteiger partial charge on any atom is 0.354 e. The molecule has 3 aliphatic rings. The maximum absolute atomic E-state index is 13.0. The molecule has 14 heteroatoms. The number of benzene rings is 1. The van der Waals surface area contributed by atoms with E-state index in [-0.39, 0.29) is 41.3 Å². The second-order valence-electron chi connectivity index (χ2n) is 8.91. The highest BCUT2D eigenvalue weighted by Gasteiger charge is 2.49. The molecule has 186 valence electrons. The molecule has 4 atom stereocenters. The number of aromatic nitrogens is 4. The summed E-state index contributed by atoms with van der Waals surface area (Å²) >= 11 is 0. The fourth-order valence-electron chi connectivity index (χ4n) is 5.05. The largest absolute Gasteiger partial charge is 0.477 e.